The highest BCUT2D eigenvalue weighted by atomic mass is 32.2. The zero-order chi connectivity index (χ0) is 40.9. The van der Waals surface area contributed by atoms with E-state index in [0.717, 1.165) is 37.7 Å². The van der Waals surface area contributed by atoms with E-state index in [0.29, 0.717) is 54.2 Å². The molecule has 0 radical (unpaired) electrons. The van der Waals surface area contributed by atoms with Gasteiger partial charge in [0.25, 0.3) is 5.91 Å². The van der Waals surface area contributed by atoms with Crippen molar-refractivity contribution in [1.29, 1.82) is 0 Å². The number of hydrogen-bond acceptors (Lipinski definition) is 11. The maximum atomic E-state index is 14.8. The highest BCUT2D eigenvalue weighted by Gasteiger charge is 2.62. The Hall–Kier alpha value is -4.60. The highest BCUT2D eigenvalue weighted by Crippen LogP contribution is 2.46. The van der Waals surface area contributed by atoms with Crippen molar-refractivity contribution in [3.63, 3.8) is 0 Å². The van der Waals surface area contributed by atoms with Crippen molar-refractivity contribution in [3.05, 3.63) is 36.4 Å². The van der Waals surface area contributed by atoms with Crippen molar-refractivity contribution in [2.75, 3.05) is 20.3 Å². The molecule has 3 N–H and O–H groups in total. The van der Waals surface area contributed by atoms with Crippen LogP contribution in [0.1, 0.15) is 91.0 Å². The Balaban J connectivity index is 1.27. The Morgan fingerprint density at radius 1 is 1.11 bits per heavy atom. The molecule has 310 valence electrons. The van der Waals surface area contributed by atoms with Crippen LogP contribution in [0.15, 0.2) is 30.9 Å². The Morgan fingerprint density at radius 3 is 2.53 bits per heavy atom. The number of aromatic nitrogens is 1. The molecule has 3 heterocycles. The molecule has 0 spiro atoms. The van der Waals surface area contributed by atoms with Gasteiger partial charge in [-0.3, -0.25) is 19.1 Å². The van der Waals surface area contributed by atoms with Gasteiger partial charge in [0.1, 0.15) is 41.3 Å². The minimum Gasteiger partial charge on any atom is -0.496 e. The van der Waals surface area contributed by atoms with Crippen LogP contribution in [0.5, 0.6) is 17.4 Å². The van der Waals surface area contributed by atoms with Crippen LogP contribution in [0.4, 0.5) is 4.79 Å². The van der Waals surface area contributed by atoms with E-state index in [1.165, 1.54) is 11.0 Å². The molecule has 15 nitrogen and oxygen atoms in total. The first-order valence-corrected chi connectivity index (χ1v) is 21.7. The van der Waals surface area contributed by atoms with Gasteiger partial charge >= 0.3 is 6.09 Å². The van der Waals surface area contributed by atoms with E-state index in [9.17, 15) is 27.6 Å². The van der Waals surface area contributed by atoms with Gasteiger partial charge < -0.3 is 34.5 Å². The van der Waals surface area contributed by atoms with Crippen molar-refractivity contribution in [2.45, 2.75) is 127 Å². The third-order valence-corrected chi connectivity index (χ3v) is 13.9. The number of nitrogens with zero attached hydrogens (tertiary/aromatic N) is 2. The number of sulfonamides is 1. The van der Waals surface area contributed by atoms with Crippen molar-refractivity contribution in [1.82, 2.24) is 25.2 Å². The topological polar surface area (TPSA) is 192 Å². The van der Waals surface area contributed by atoms with E-state index in [1.54, 1.807) is 13.2 Å². The third kappa shape index (κ3) is 8.37. The monoisotopic (exact) mass is 809 g/mol. The molecule has 57 heavy (non-hydrogen) atoms. The molecular formula is C41H55N5O10S. The molecule has 7 atom stereocenters. The summed E-state index contributed by atoms with van der Waals surface area (Å²) in [4.78, 5) is 62.6. The van der Waals surface area contributed by atoms with E-state index < -0.39 is 74.1 Å². The van der Waals surface area contributed by atoms with Crippen LogP contribution in [0.25, 0.3) is 10.9 Å². The molecular weight excluding hydrogens is 755 g/mol. The van der Waals surface area contributed by atoms with Gasteiger partial charge in [-0.2, -0.15) is 0 Å². The van der Waals surface area contributed by atoms with E-state index in [-0.39, 0.29) is 31.4 Å². The van der Waals surface area contributed by atoms with Crippen LogP contribution in [0.3, 0.4) is 0 Å². The standard InChI is InChI=1S/C41H55N5O10S/c1-7-25-21-41(25,38(49)45-57(51,52)27-15-16-27)44-36(47)30-18-26-22-46(30)37(48)35(40(3,4)5)43-39(50)56-31-14-10-12-23(31)11-9-13-24-17-28-29(19-32(24)53-6)42-34(54-8-2)20-33(28)55-26/h7,17,19-20,23,25-27,30-31,35H,1,8-16,18,21-22H2,2-6H3,(H,43,50)(H,44,47)(H,45,49)/t23-,25-,26+,30-,31-,35+,41-/m0/s1. The lowest BCUT2D eigenvalue weighted by molar-refractivity contribution is -0.143. The highest BCUT2D eigenvalue weighted by molar-refractivity contribution is 7.91. The number of pyridine rings is 1. The zero-order valence-electron chi connectivity index (χ0n) is 33.4. The lowest BCUT2D eigenvalue weighted by atomic mass is 9.85. The lowest BCUT2D eigenvalue weighted by Crippen LogP contribution is -2.60. The van der Waals surface area contributed by atoms with E-state index >= 15 is 0 Å². The fourth-order valence-electron chi connectivity index (χ4n) is 8.67. The zero-order valence-corrected chi connectivity index (χ0v) is 34.2. The minimum absolute atomic E-state index is 0.0241. The summed E-state index contributed by atoms with van der Waals surface area (Å²) in [6, 6.07) is 3.32. The Bertz CT molecular complexity index is 2050. The Kier molecular flexibility index (Phi) is 11.1. The summed E-state index contributed by atoms with van der Waals surface area (Å²) in [6.07, 6.45) is 5.77. The van der Waals surface area contributed by atoms with Crippen molar-refractivity contribution in [2.24, 2.45) is 17.3 Å². The Morgan fingerprint density at radius 2 is 1.86 bits per heavy atom. The van der Waals surface area contributed by atoms with Gasteiger partial charge in [0, 0.05) is 29.9 Å². The normalized spacial score (nSPS) is 29.2. The first-order valence-electron chi connectivity index (χ1n) is 20.2. The average molecular weight is 810 g/mol. The average Bonchev–Trinajstić information content (AvgIpc) is 4.05. The smallest absolute Gasteiger partial charge is 0.408 e. The molecule has 0 unspecified atom stereocenters. The summed E-state index contributed by atoms with van der Waals surface area (Å²) >= 11 is 0. The molecule has 2 aliphatic heterocycles. The van der Waals surface area contributed by atoms with E-state index in [1.807, 2.05) is 39.8 Å². The summed E-state index contributed by atoms with van der Waals surface area (Å²) in [7, 11) is -2.30. The molecule has 3 saturated carbocycles. The fourth-order valence-corrected chi connectivity index (χ4v) is 10.0. The van der Waals surface area contributed by atoms with Gasteiger partial charge in [-0.15, -0.1) is 6.58 Å². The summed E-state index contributed by atoms with van der Waals surface area (Å²) in [5.41, 5.74) is -0.827. The number of fused-ring (bicyclic) bond motifs is 4. The number of ether oxygens (including phenoxy) is 4. The fraction of sp³-hybridized carbons (Fsp3) is 0.634. The number of hydrogen-bond donors (Lipinski definition) is 3. The molecule has 5 aliphatic rings. The molecule has 1 aromatic heterocycles. The quantitative estimate of drug-likeness (QED) is 0.306. The molecule has 16 heteroatoms. The van der Waals surface area contributed by atoms with Crippen LogP contribution < -0.4 is 29.6 Å². The predicted molar refractivity (Wildman–Crippen MR) is 210 cm³/mol. The lowest BCUT2D eigenvalue weighted by Gasteiger charge is -2.35. The van der Waals surface area contributed by atoms with Gasteiger partial charge in [-0.25, -0.2) is 18.2 Å². The van der Waals surface area contributed by atoms with E-state index in [4.69, 9.17) is 23.9 Å². The molecule has 4 amide bonds. The molecule has 3 aliphatic carbocycles. The number of alkyl carbamates (subject to hydrolysis) is 1. The van der Waals surface area contributed by atoms with Crippen LogP contribution in [0.2, 0.25) is 0 Å². The van der Waals surface area contributed by atoms with Gasteiger partial charge in [-0.05, 0) is 87.7 Å². The number of aryl methyl sites for hydroxylation is 1. The number of methoxy groups -OCH3 is 1. The third-order valence-electron chi connectivity index (χ3n) is 12.1. The maximum absolute atomic E-state index is 14.8. The largest absolute Gasteiger partial charge is 0.496 e. The SMILES string of the molecule is C=C[C@H]1C[C@@]1(NC(=O)[C@@H]1C[C@@H]2CN1C(=O)[C@H](C(C)(C)C)NC(=O)O[C@H]1CCC[C@@H]1CCCc1cc3c(cc(OCC)nc3cc1OC)O2)C(=O)NS(=O)(=O)C1CC1. The first-order chi connectivity index (χ1) is 27.1. The summed E-state index contributed by atoms with van der Waals surface area (Å²) < 4.78 is 52.1. The van der Waals surface area contributed by atoms with Gasteiger partial charge in [0.15, 0.2) is 0 Å². The van der Waals surface area contributed by atoms with Crippen LogP contribution >= 0.6 is 0 Å². The molecule has 4 fully saturated rings. The van der Waals surface area contributed by atoms with Gasteiger partial charge in [0.05, 0.1) is 31.0 Å². The number of carbonyl (C=O) groups is 4. The van der Waals surface area contributed by atoms with Crippen LogP contribution in [0, 0.1) is 17.3 Å². The maximum Gasteiger partial charge on any atom is 0.408 e. The Labute approximate surface area is 334 Å². The number of nitrogens with one attached hydrogen (secondary N) is 3. The molecule has 2 aromatic rings. The number of amides is 4. The molecule has 1 aromatic carbocycles. The van der Waals surface area contributed by atoms with Crippen molar-refractivity contribution < 1.29 is 46.5 Å². The van der Waals surface area contributed by atoms with Gasteiger partial charge in [0.2, 0.25) is 27.7 Å². The first kappa shape index (κ1) is 40.6. The van der Waals surface area contributed by atoms with Crippen LogP contribution in [-0.2, 0) is 35.6 Å². The number of carbonyl (C=O) groups excluding carboxylic acids is 4. The predicted octanol–water partition coefficient (Wildman–Crippen LogP) is 4.31. The second-order valence-corrected chi connectivity index (χ2v) is 19.2. The van der Waals surface area contributed by atoms with Crippen molar-refractivity contribution in [3.8, 4) is 17.4 Å². The summed E-state index contributed by atoms with van der Waals surface area (Å²) in [5.74, 6) is -0.945. The summed E-state index contributed by atoms with van der Waals surface area (Å²) in [6.45, 7) is 11.4. The number of benzene rings is 1. The number of rotatable bonds is 9. The van der Waals surface area contributed by atoms with Crippen molar-refractivity contribution >= 4 is 44.7 Å². The summed E-state index contributed by atoms with van der Waals surface area (Å²) in [5, 5.41) is 5.75. The second kappa shape index (κ2) is 15.6. The van der Waals surface area contributed by atoms with E-state index in [2.05, 4.69) is 21.9 Å². The second-order valence-electron chi connectivity index (χ2n) is 17.2. The molecule has 1 saturated heterocycles. The van der Waals surface area contributed by atoms with Crippen LogP contribution in [-0.4, -0.2) is 97.5 Å². The molecule has 7 rings (SSSR count). The molecule has 4 bridgehead atoms. The minimum atomic E-state index is -3.91. The van der Waals surface area contributed by atoms with Gasteiger partial charge in [-0.1, -0.05) is 26.8 Å².